The molecule has 2 aromatic rings. The summed E-state index contributed by atoms with van der Waals surface area (Å²) in [5, 5.41) is 16.6. The van der Waals surface area contributed by atoms with E-state index in [9.17, 15) is 9.18 Å². The monoisotopic (exact) mass is 270 g/mol. The third-order valence-corrected chi connectivity index (χ3v) is 2.49. The highest BCUT2D eigenvalue weighted by atomic mass is 19.1. The maximum atomic E-state index is 12.8. The minimum atomic E-state index is -0.535. The van der Waals surface area contributed by atoms with Crippen LogP contribution in [0.5, 0.6) is 0 Å². The molecular weight excluding hydrogens is 259 g/mol. The van der Waals surface area contributed by atoms with Crippen LogP contribution < -0.4 is 0 Å². The highest BCUT2D eigenvalue weighted by Crippen LogP contribution is 2.15. The van der Waals surface area contributed by atoms with E-state index in [4.69, 9.17) is 5.11 Å². The minimum absolute atomic E-state index is 0.221. The van der Waals surface area contributed by atoms with Crippen molar-refractivity contribution in [1.82, 2.24) is 0 Å². The zero-order valence-electron chi connectivity index (χ0n) is 10.4. The van der Waals surface area contributed by atoms with Gasteiger partial charge in [0.15, 0.2) is 5.70 Å². The van der Waals surface area contributed by atoms with Gasteiger partial charge in [-0.15, -0.1) is 5.11 Å². The van der Waals surface area contributed by atoms with Crippen LogP contribution in [-0.2, 0) is 0 Å². The number of hydrogen-bond donors (Lipinski definition) is 1. The fourth-order valence-corrected chi connectivity index (χ4v) is 1.49. The Morgan fingerprint density at radius 1 is 1.05 bits per heavy atom. The zero-order chi connectivity index (χ0) is 14.4. The Bertz CT molecular complexity index is 649. The Labute approximate surface area is 114 Å². The van der Waals surface area contributed by atoms with Crippen LogP contribution in [0.3, 0.4) is 0 Å². The van der Waals surface area contributed by atoms with Crippen molar-refractivity contribution >= 4 is 11.5 Å². The van der Waals surface area contributed by atoms with E-state index in [2.05, 4.69) is 10.2 Å². The predicted octanol–water partition coefficient (Wildman–Crippen LogP) is 4.19. The van der Waals surface area contributed by atoms with Crippen LogP contribution in [0.1, 0.15) is 10.4 Å². The number of carbonyl (C=O) groups is 1. The summed E-state index contributed by atoms with van der Waals surface area (Å²) in [6, 6.07) is 13.8. The van der Waals surface area contributed by atoms with Crippen LogP contribution in [0.4, 0.5) is 10.1 Å². The first kappa shape index (κ1) is 13.6. The molecule has 0 aliphatic heterocycles. The lowest BCUT2D eigenvalue weighted by Gasteiger charge is -1.99. The number of azo groups is 1. The van der Waals surface area contributed by atoms with E-state index in [-0.39, 0.29) is 11.3 Å². The Morgan fingerprint density at radius 3 is 2.30 bits per heavy atom. The summed E-state index contributed by atoms with van der Waals surface area (Å²) in [4.78, 5) is 12.0. The number of nitrogens with zero attached hydrogens (tertiary/aromatic N) is 2. The Hall–Kier alpha value is -2.82. The number of hydrogen-bond acceptors (Lipinski definition) is 4. The molecule has 5 heteroatoms. The van der Waals surface area contributed by atoms with Crippen molar-refractivity contribution in [3.05, 3.63) is 77.9 Å². The quantitative estimate of drug-likeness (QED) is 0.392. The first-order valence-corrected chi connectivity index (χ1v) is 5.82. The Kier molecular flexibility index (Phi) is 4.34. The Balaban J connectivity index is 2.19. The molecule has 0 radical (unpaired) electrons. The number of aliphatic hydroxyl groups excluding tert-OH is 1. The topological polar surface area (TPSA) is 62.0 Å². The maximum absolute atomic E-state index is 12.8. The summed E-state index contributed by atoms with van der Waals surface area (Å²) in [7, 11) is 0. The van der Waals surface area contributed by atoms with Crippen molar-refractivity contribution in [2.75, 3.05) is 0 Å². The number of benzene rings is 2. The van der Waals surface area contributed by atoms with Crippen molar-refractivity contribution in [2.45, 2.75) is 0 Å². The van der Waals surface area contributed by atoms with Gasteiger partial charge in [-0.25, -0.2) is 4.39 Å². The number of aliphatic hydroxyl groups is 1. The normalized spacial score (nSPS) is 11.8. The van der Waals surface area contributed by atoms with E-state index in [0.29, 0.717) is 11.9 Å². The molecule has 0 saturated heterocycles. The van der Waals surface area contributed by atoms with Gasteiger partial charge in [-0.3, -0.25) is 4.79 Å². The van der Waals surface area contributed by atoms with Crippen LogP contribution in [0.2, 0.25) is 0 Å². The first-order chi connectivity index (χ1) is 9.70. The summed E-state index contributed by atoms with van der Waals surface area (Å²) in [6.45, 7) is 0. The summed E-state index contributed by atoms with van der Waals surface area (Å²) in [5.41, 5.74) is 0.554. The van der Waals surface area contributed by atoms with Gasteiger partial charge < -0.3 is 5.11 Å². The third-order valence-electron chi connectivity index (χ3n) is 2.49. The SMILES string of the molecule is O=C(/C(=C\O)N=Nc1ccccc1)c1ccc(F)cc1. The molecule has 0 unspecified atom stereocenters. The molecule has 0 fully saturated rings. The fourth-order valence-electron chi connectivity index (χ4n) is 1.49. The van der Waals surface area contributed by atoms with Crippen LogP contribution >= 0.6 is 0 Å². The standard InChI is InChI=1S/C15H11FN2O2/c16-12-8-6-11(7-9-12)15(20)14(10-19)18-17-13-4-2-1-3-5-13/h1-10,19H/b14-10+,18-17?. The average Bonchev–Trinajstić information content (AvgIpc) is 2.49. The predicted molar refractivity (Wildman–Crippen MR) is 72.4 cm³/mol. The van der Waals surface area contributed by atoms with Gasteiger partial charge >= 0.3 is 0 Å². The van der Waals surface area contributed by atoms with Crippen molar-refractivity contribution in [2.24, 2.45) is 10.2 Å². The smallest absolute Gasteiger partial charge is 0.216 e. The van der Waals surface area contributed by atoms with E-state index in [0.717, 1.165) is 12.1 Å². The fraction of sp³-hybridized carbons (Fsp3) is 0. The van der Waals surface area contributed by atoms with Gasteiger partial charge in [0.1, 0.15) is 12.1 Å². The van der Waals surface area contributed by atoms with Crippen molar-refractivity contribution in [3.63, 3.8) is 0 Å². The Morgan fingerprint density at radius 2 is 1.70 bits per heavy atom. The number of ketones is 1. The van der Waals surface area contributed by atoms with Gasteiger partial charge in [0, 0.05) is 5.56 Å². The molecule has 4 nitrogen and oxygen atoms in total. The van der Waals surface area contributed by atoms with Crippen molar-refractivity contribution in [1.29, 1.82) is 0 Å². The summed E-state index contributed by atoms with van der Waals surface area (Å²) in [5.74, 6) is -0.978. The van der Waals surface area contributed by atoms with E-state index in [1.807, 2.05) is 6.07 Å². The number of allylic oxidation sites excluding steroid dienone is 1. The molecule has 0 spiro atoms. The third kappa shape index (κ3) is 3.35. The molecule has 2 rings (SSSR count). The highest BCUT2D eigenvalue weighted by molar-refractivity contribution is 6.08. The molecule has 1 N–H and O–H groups in total. The number of carbonyl (C=O) groups excluding carboxylic acids is 1. The van der Waals surface area contributed by atoms with Gasteiger partial charge in [0.05, 0.1) is 5.69 Å². The van der Waals surface area contributed by atoms with E-state index in [1.165, 1.54) is 12.1 Å². The lowest BCUT2D eigenvalue weighted by molar-refractivity contribution is 0.102. The molecule has 100 valence electrons. The van der Waals surface area contributed by atoms with Crippen LogP contribution in [0.25, 0.3) is 0 Å². The van der Waals surface area contributed by atoms with Gasteiger partial charge in [-0.1, -0.05) is 18.2 Å². The first-order valence-electron chi connectivity index (χ1n) is 5.82. The van der Waals surface area contributed by atoms with Gasteiger partial charge in [0.25, 0.3) is 0 Å². The highest BCUT2D eigenvalue weighted by Gasteiger charge is 2.12. The molecule has 0 heterocycles. The summed E-state index contributed by atoms with van der Waals surface area (Å²) in [6.07, 6.45) is 0.581. The second-order valence-corrected chi connectivity index (χ2v) is 3.89. The molecule has 2 aromatic carbocycles. The second kappa shape index (κ2) is 6.38. The number of halogens is 1. The number of Topliss-reactive ketones (excluding diaryl/α,β-unsaturated/α-hetero) is 1. The van der Waals surface area contributed by atoms with Crippen molar-refractivity contribution < 1.29 is 14.3 Å². The minimum Gasteiger partial charge on any atom is -0.513 e. The molecule has 0 saturated carbocycles. The largest absolute Gasteiger partial charge is 0.513 e. The van der Waals surface area contributed by atoms with Crippen LogP contribution in [-0.4, -0.2) is 10.9 Å². The van der Waals surface area contributed by atoms with Crippen LogP contribution in [0.15, 0.2) is 76.8 Å². The van der Waals surface area contributed by atoms with E-state index < -0.39 is 11.6 Å². The molecular formula is C15H11FN2O2. The molecule has 0 amide bonds. The van der Waals surface area contributed by atoms with E-state index in [1.54, 1.807) is 24.3 Å². The molecule has 20 heavy (non-hydrogen) atoms. The van der Waals surface area contributed by atoms with Crippen molar-refractivity contribution in [3.8, 4) is 0 Å². The average molecular weight is 270 g/mol. The lowest BCUT2D eigenvalue weighted by atomic mass is 10.1. The van der Waals surface area contributed by atoms with Gasteiger partial charge in [-0.2, -0.15) is 5.11 Å². The second-order valence-electron chi connectivity index (χ2n) is 3.89. The summed E-state index contributed by atoms with van der Waals surface area (Å²) < 4.78 is 12.8. The molecule has 0 aliphatic rings. The molecule has 0 bridgehead atoms. The van der Waals surface area contributed by atoms with E-state index >= 15 is 0 Å². The molecule has 0 atom stereocenters. The lowest BCUT2D eigenvalue weighted by Crippen LogP contribution is -2.01. The summed E-state index contributed by atoms with van der Waals surface area (Å²) >= 11 is 0. The molecule has 0 aliphatic carbocycles. The van der Waals surface area contributed by atoms with Gasteiger partial charge in [-0.05, 0) is 36.4 Å². The van der Waals surface area contributed by atoms with Gasteiger partial charge in [0.2, 0.25) is 5.78 Å². The molecule has 0 aromatic heterocycles. The maximum Gasteiger partial charge on any atom is 0.216 e. The van der Waals surface area contributed by atoms with Crippen LogP contribution in [0, 0.1) is 5.82 Å². The number of rotatable bonds is 4. The zero-order valence-corrected chi connectivity index (χ0v) is 10.4.